The highest BCUT2D eigenvalue weighted by molar-refractivity contribution is 8.00. The lowest BCUT2D eigenvalue weighted by Gasteiger charge is -2.07. The maximum Gasteiger partial charge on any atom is 0.234 e. The molecule has 0 spiro atoms. The molecule has 0 fully saturated rings. The SMILES string of the molecule is Cc1ccccc1NC(=O)CSc1ncccc1C#N. The van der Waals surface area contributed by atoms with E-state index in [4.69, 9.17) is 5.26 Å². The summed E-state index contributed by atoms with van der Waals surface area (Å²) < 4.78 is 0. The molecule has 0 aliphatic heterocycles. The Balaban J connectivity index is 1.96. The molecule has 0 unspecified atom stereocenters. The normalized spacial score (nSPS) is 9.80. The summed E-state index contributed by atoms with van der Waals surface area (Å²) in [6, 6.07) is 13.1. The van der Waals surface area contributed by atoms with E-state index >= 15 is 0 Å². The molecule has 1 amide bonds. The molecule has 1 N–H and O–H groups in total. The molecule has 0 aliphatic carbocycles. The van der Waals surface area contributed by atoms with Gasteiger partial charge in [-0.1, -0.05) is 30.0 Å². The first kappa shape index (κ1) is 14.1. The van der Waals surface area contributed by atoms with Gasteiger partial charge in [0.05, 0.1) is 11.3 Å². The summed E-state index contributed by atoms with van der Waals surface area (Å²) in [5, 5.41) is 12.4. The number of anilines is 1. The number of para-hydroxylation sites is 1. The van der Waals surface area contributed by atoms with Crippen LogP contribution in [0.5, 0.6) is 0 Å². The van der Waals surface area contributed by atoms with E-state index in [0.717, 1.165) is 11.3 Å². The highest BCUT2D eigenvalue weighted by atomic mass is 32.2. The van der Waals surface area contributed by atoms with Crippen LogP contribution in [0.3, 0.4) is 0 Å². The maximum atomic E-state index is 11.9. The van der Waals surface area contributed by atoms with Gasteiger partial charge in [-0.3, -0.25) is 4.79 Å². The standard InChI is InChI=1S/C15H13N3OS/c1-11-5-2-3-7-13(11)18-14(19)10-20-15-12(9-16)6-4-8-17-15/h2-8H,10H2,1H3,(H,18,19). The van der Waals surface area contributed by atoms with Crippen molar-refractivity contribution in [1.82, 2.24) is 4.98 Å². The van der Waals surface area contributed by atoms with Crippen LogP contribution in [-0.2, 0) is 4.79 Å². The number of thioether (sulfide) groups is 1. The molecule has 1 heterocycles. The van der Waals surface area contributed by atoms with E-state index in [1.807, 2.05) is 31.2 Å². The molecule has 1 aromatic carbocycles. The summed E-state index contributed by atoms with van der Waals surface area (Å²) >= 11 is 1.26. The Labute approximate surface area is 121 Å². The van der Waals surface area contributed by atoms with E-state index in [1.165, 1.54) is 11.8 Å². The Hall–Kier alpha value is -2.32. The number of amides is 1. The van der Waals surface area contributed by atoms with Crippen LogP contribution in [0.15, 0.2) is 47.6 Å². The summed E-state index contributed by atoms with van der Waals surface area (Å²) in [6.07, 6.45) is 1.61. The fourth-order valence-electron chi connectivity index (χ4n) is 1.62. The van der Waals surface area contributed by atoms with Crippen molar-refractivity contribution in [3.05, 3.63) is 53.7 Å². The van der Waals surface area contributed by atoms with Crippen LogP contribution in [0.1, 0.15) is 11.1 Å². The predicted molar refractivity (Wildman–Crippen MR) is 79.5 cm³/mol. The summed E-state index contributed by atoms with van der Waals surface area (Å²) in [7, 11) is 0. The van der Waals surface area contributed by atoms with Crippen LogP contribution in [0.2, 0.25) is 0 Å². The first-order chi connectivity index (χ1) is 9.70. The molecule has 0 bridgehead atoms. The van der Waals surface area contributed by atoms with Crippen molar-refractivity contribution in [1.29, 1.82) is 5.26 Å². The molecule has 100 valence electrons. The average molecular weight is 283 g/mol. The van der Waals surface area contributed by atoms with Gasteiger partial charge in [-0.25, -0.2) is 4.98 Å². The number of aromatic nitrogens is 1. The third-order valence-corrected chi connectivity index (χ3v) is 3.66. The van der Waals surface area contributed by atoms with E-state index in [1.54, 1.807) is 18.3 Å². The topological polar surface area (TPSA) is 65.8 Å². The predicted octanol–water partition coefficient (Wildman–Crippen LogP) is 2.99. The number of hydrogen-bond acceptors (Lipinski definition) is 4. The number of carbonyl (C=O) groups is 1. The molecule has 4 nitrogen and oxygen atoms in total. The molecule has 0 atom stereocenters. The number of pyridine rings is 1. The van der Waals surface area contributed by atoms with Gasteiger partial charge < -0.3 is 5.32 Å². The Morgan fingerprint density at radius 1 is 1.35 bits per heavy atom. The van der Waals surface area contributed by atoms with Gasteiger partial charge in [0.25, 0.3) is 0 Å². The van der Waals surface area contributed by atoms with Crippen molar-refractivity contribution in [3.8, 4) is 6.07 Å². The highest BCUT2D eigenvalue weighted by Gasteiger charge is 2.08. The van der Waals surface area contributed by atoms with Gasteiger partial charge in [0, 0.05) is 11.9 Å². The van der Waals surface area contributed by atoms with Crippen molar-refractivity contribution in [2.75, 3.05) is 11.1 Å². The zero-order chi connectivity index (χ0) is 14.4. The zero-order valence-corrected chi connectivity index (χ0v) is 11.8. The molecule has 0 radical (unpaired) electrons. The van der Waals surface area contributed by atoms with Crippen LogP contribution in [0, 0.1) is 18.3 Å². The summed E-state index contributed by atoms with van der Waals surface area (Å²) in [4.78, 5) is 16.0. The quantitative estimate of drug-likeness (QED) is 0.876. The second kappa shape index (κ2) is 6.73. The number of nitrogens with one attached hydrogen (secondary N) is 1. The summed E-state index contributed by atoms with van der Waals surface area (Å²) in [6.45, 7) is 1.94. The number of benzene rings is 1. The molecular weight excluding hydrogens is 270 g/mol. The minimum absolute atomic E-state index is 0.112. The minimum Gasteiger partial charge on any atom is -0.325 e. The lowest BCUT2D eigenvalue weighted by molar-refractivity contribution is -0.113. The Morgan fingerprint density at radius 3 is 2.90 bits per heavy atom. The fourth-order valence-corrected chi connectivity index (χ4v) is 2.37. The van der Waals surface area contributed by atoms with Crippen LogP contribution < -0.4 is 5.32 Å². The van der Waals surface area contributed by atoms with Crippen molar-refractivity contribution in [2.24, 2.45) is 0 Å². The number of carbonyl (C=O) groups excluding carboxylic acids is 1. The molecule has 0 saturated heterocycles. The fraction of sp³-hybridized carbons (Fsp3) is 0.133. The largest absolute Gasteiger partial charge is 0.325 e. The third-order valence-electron chi connectivity index (χ3n) is 2.65. The summed E-state index contributed by atoms with van der Waals surface area (Å²) in [5.41, 5.74) is 2.31. The van der Waals surface area contributed by atoms with Crippen LogP contribution in [-0.4, -0.2) is 16.6 Å². The van der Waals surface area contributed by atoms with Gasteiger partial charge in [0.2, 0.25) is 5.91 Å². The van der Waals surface area contributed by atoms with Gasteiger partial charge in [-0.05, 0) is 30.7 Å². The van der Waals surface area contributed by atoms with E-state index in [9.17, 15) is 4.79 Å². The first-order valence-corrected chi connectivity index (χ1v) is 7.02. The third kappa shape index (κ3) is 3.59. The van der Waals surface area contributed by atoms with E-state index < -0.39 is 0 Å². The number of nitriles is 1. The smallest absolute Gasteiger partial charge is 0.234 e. The molecule has 5 heteroatoms. The molecule has 0 aliphatic rings. The monoisotopic (exact) mass is 283 g/mol. The van der Waals surface area contributed by atoms with Gasteiger partial charge in [0.15, 0.2) is 0 Å². The lowest BCUT2D eigenvalue weighted by Crippen LogP contribution is -2.15. The molecule has 20 heavy (non-hydrogen) atoms. The van der Waals surface area contributed by atoms with Gasteiger partial charge in [-0.2, -0.15) is 5.26 Å². The molecule has 2 rings (SSSR count). The second-order valence-corrected chi connectivity index (χ2v) is 5.08. The van der Waals surface area contributed by atoms with Crippen molar-refractivity contribution in [2.45, 2.75) is 11.9 Å². The van der Waals surface area contributed by atoms with E-state index in [-0.39, 0.29) is 11.7 Å². The average Bonchev–Trinajstić information content (AvgIpc) is 2.48. The minimum atomic E-state index is -0.112. The van der Waals surface area contributed by atoms with Crippen LogP contribution in [0.25, 0.3) is 0 Å². The van der Waals surface area contributed by atoms with E-state index in [0.29, 0.717) is 10.6 Å². The molecular formula is C15H13N3OS. The van der Waals surface area contributed by atoms with Crippen LogP contribution in [0.4, 0.5) is 5.69 Å². The van der Waals surface area contributed by atoms with Crippen LogP contribution >= 0.6 is 11.8 Å². The van der Waals surface area contributed by atoms with E-state index in [2.05, 4.69) is 16.4 Å². The van der Waals surface area contributed by atoms with Crippen molar-refractivity contribution >= 4 is 23.4 Å². The Morgan fingerprint density at radius 2 is 2.15 bits per heavy atom. The summed E-state index contributed by atoms with van der Waals surface area (Å²) in [5.74, 6) is 0.110. The Kier molecular flexibility index (Phi) is 4.75. The first-order valence-electron chi connectivity index (χ1n) is 6.04. The molecule has 1 aromatic heterocycles. The lowest BCUT2D eigenvalue weighted by atomic mass is 10.2. The zero-order valence-electron chi connectivity index (χ0n) is 11.0. The number of hydrogen-bond donors (Lipinski definition) is 1. The number of aryl methyl sites for hydroxylation is 1. The number of nitrogens with zero attached hydrogens (tertiary/aromatic N) is 2. The molecule has 0 saturated carbocycles. The van der Waals surface area contributed by atoms with Gasteiger partial charge in [-0.15, -0.1) is 0 Å². The molecule has 2 aromatic rings. The highest BCUT2D eigenvalue weighted by Crippen LogP contribution is 2.20. The van der Waals surface area contributed by atoms with Gasteiger partial charge in [0.1, 0.15) is 11.1 Å². The Bertz CT molecular complexity index is 664. The van der Waals surface area contributed by atoms with Crippen molar-refractivity contribution in [3.63, 3.8) is 0 Å². The van der Waals surface area contributed by atoms with Gasteiger partial charge >= 0.3 is 0 Å². The number of rotatable bonds is 4. The second-order valence-electron chi connectivity index (χ2n) is 4.12. The van der Waals surface area contributed by atoms with Crippen molar-refractivity contribution < 1.29 is 4.79 Å². The maximum absolute atomic E-state index is 11.9.